The maximum atomic E-state index is 3.75. The van der Waals surface area contributed by atoms with Crippen LogP contribution in [0.1, 0.15) is 52.9 Å². The summed E-state index contributed by atoms with van der Waals surface area (Å²) in [7, 11) is 0. The molecular formula is C14H28N2. The first-order valence-electron chi connectivity index (χ1n) is 7.16. The molecule has 1 saturated heterocycles. The van der Waals surface area contributed by atoms with Crippen LogP contribution in [-0.4, -0.2) is 36.1 Å². The van der Waals surface area contributed by atoms with Gasteiger partial charge in [-0.25, -0.2) is 0 Å². The van der Waals surface area contributed by atoms with E-state index in [4.69, 9.17) is 0 Å². The van der Waals surface area contributed by atoms with Crippen molar-refractivity contribution in [3.8, 4) is 0 Å². The van der Waals surface area contributed by atoms with Gasteiger partial charge in [-0.2, -0.15) is 0 Å². The van der Waals surface area contributed by atoms with Gasteiger partial charge < -0.3 is 5.32 Å². The Kier molecular flexibility index (Phi) is 4.26. The Morgan fingerprint density at radius 3 is 2.50 bits per heavy atom. The fourth-order valence-electron chi connectivity index (χ4n) is 3.53. The van der Waals surface area contributed by atoms with Crippen LogP contribution in [0.3, 0.4) is 0 Å². The van der Waals surface area contributed by atoms with Crippen molar-refractivity contribution in [1.82, 2.24) is 10.2 Å². The van der Waals surface area contributed by atoms with Gasteiger partial charge in [-0.15, -0.1) is 0 Å². The van der Waals surface area contributed by atoms with Crippen LogP contribution >= 0.6 is 0 Å². The van der Waals surface area contributed by atoms with E-state index in [1.807, 2.05) is 0 Å². The fraction of sp³-hybridized carbons (Fsp3) is 1.00. The van der Waals surface area contributed by atoms with Crippen molar-refractivity contribution in [3.63, 3.8) is 0 Å². The summed E-state index contributed by atoms with van der Waals surface area (Å²) >= 11 is 0. The number of hydrogen-bond acceptors (Lipinski definition) is 2. The van der Waals surface area contributed by atoms with Crippen LogP contribution in [0.25, 0.3) is 0 Å². The minimum atomic E-state index is 0.709. The quantitative estimate of drug-likeness (QED) is 0.790. The second-order valence-electron chi connectivity index (χ2n) is 6.13. The smallest absolute Gasteiger partial charge is 0.0195 e. The van der Waals surface area contributed by atoms with Crippen LogP contribution in [0, 0.1) is 5.92 Å². The number of rotatable bonds is 4. The zero-order valence-electron chi connectivity index (χ0n) is 11.2. The lowest BCUT2D eigenvalue weighted by molar-refractivity contribution is 0.191. The van der Waals surface area contributed by atoms with Crippen LogP contribution in [0.15, 0.2) is 0 Å². The maximum Gasteiger partial charge on any atom is 0.0195 e. The first-order valence-corrected chi connectivity index (χ1v) is 7.16. The van der Waals surface area contributed by atoms with Crippen molar-refractivity contribution in [2.45, 2.75) is 71.0 Å². The first-order chi connectivity index (χ1) is 7.66. The lowest BCUT2D eigenvalue weighted by Crippen LogP contribution is -2.44. The molecule has 94 valence electrons. The monoisotopic (exact) mass is 224 g/mol. The molecule has 16 heavy (non-hydrogen) atoms. The third-order valence-electron chi connectivity index (χ3n) is 4.46. The summed E-state index contributed by atoms with van der Waals surface area (Å²) < 4.78 is 0. The summed E-state index contributed by atoms with van der Waals surface area (Å²) in [5.74, 6) is 0.893. The largest absolute Gasteiger partial charge is 0.312 e. The van der Waals surface area contributed by atoms with Crippen molar-refractivity contribution < 1.29 is 0 Å². The van der Waals surface area contributed by atoms with Crippen LogP contribution < -0.4 is 5.32 Å². The molecule has 2 nitrogen and oxygen atoms in total. The van der Waals surface area contributed by atoms with E-state index >= 15 is 0 Å². The highest BCUT2D eigenvalue weighted by Gasteiger charge is 2.29. The van der Waals surface area contributed by atoms with E-state index in [0.717, 1.165) is 18.0 Å². The summed E-state index contributed by atoms with van der Waals surface area (Å²) in [6.07, 6.45) is 7.05. The molecule has 1 saturated carbocycles. The second-order valence-corrected chi connectivity index (χ2v) is 6.13. The predicted molar refractivity (Wildman–Crippen MR) is 69.7 cm³/mol. The molecule has 2 fully saturated rings. The molecule has 3 atom stereocenters. The summed E-state index contributed by atoms with van der Waals surface area (Å²) in [4.78, 5) is 2.69. The van der Waals surface area contributed by atoms with E-state index in [-0.39, 0.29) is 0 Å². The van der Waals surface area contributed by atoms with Gasteiger partial charge in [0.05, 0.1) is 0 Å². The molecule has 0 radical (unpaired) electrons. The Morgan fingerprint density at radius 1 is 1.25 bits per heavy atom. The van der Waals surface area contributed by atoms with Crippen LogP contribution in [-0.2, 0) is 0 Å². The molecule has 1 heterocycles. The Hall–Kier alpha value is -0.0800. The lowest BCUT2D eigenvalue weighted by atomic mass is 10.1. The average Bonchev–Trinajstić information content (AvgIpc) is 2.84. The number of likely N-dealkylation sites (tertiary alicyclic amines) is 1. The molecule has 2 aliphatic rings. The summed E-state index contributed by atoms with van der Waals surface area (Å²) in [6.45, 7) is 9.64. The van der Waals surface area contributed by atoms with Crippen molar-refractivity contribution in [1.29, 1.82) is 0 Å². The van der Waals surface area contributed by atoms with Gasteiger partial charge >= 0.3 is 0 Å². The lowest BCUT2D eigenvalue weighted by Gasteiger charge is -2.29. The normalized spacial score (nSPS) is 34.7. The molecule has 1 aliphatic carbocycles. The van der Waals surface area contributed by atoms with Crippen molar-refractivity contribution in [3.05, 3.63) is 0 Å². The van der Waals surface area contributed by atoms with Gasteiger partial charge in [0.1, 0.15) is 0 Å². The third kappa shape index (κ3) is 2.98. The number of nitrogens with one attached hydrogen (secondary N) is 1. The number of nitrogens with zero attached hydrogens (tertiary/aromatic N) is 1. The van der Waals surface area contributed by atoms with Gasteiger partial charge in [-0.05, 0) is 39.0 Å². The van der Waals surface area contributed by atoms with E-state index in [1.165, 1.54) is 45.2 Å². The summed E-state index contributed by atoms with van der Waals surface area (Å²) in [6, 6.07) is 2.31. The summed E-state index contributed by atoms with van der Waals surface area (Å²) in [5.41, 5.74) is 0. The third-order valence-corrected chi connectivity index (χ3v) is 4.46. The Bertz CT molecular complexity index is 211. The number of hydrogen-bond donors (Lipinski definition) is 1. The minimum Gasteiger partial charge on any atom is -0.312 e. The molecule has 0 aromatic heterocycles. The molecule has 0 amide bonds. The highest BCUT2D eigenvalue weighted by molar-refractivity contribution is 4.85. The van der Waals surface area contributed by atoms with E-state index in [0.29, 0.717) is 6.04 Å². The van der Waals surface area contributed by atoms with Crippen molar-refractivity contribution >= 4 is 0 Å². The second kappa shape index (κ2) is 5.50. The highest BCUT2D eigenvalue weighted by atomic mass is 15.2. The molecule has 0 spiro atoms. The van der Waals surface area contributed by atoms with Gasteiger partial charge in [0, 0.05) is 31.2 Å². The SMILES string of the molecule is CC1CC(C)N(C(C)CNC2CCCC2)C1. The molecule has 0 aromatic carbocycles. The molecule has 2 rings (SSSR count). The Morgan fingerprint density at radius 2 is 1.94 bits per heavy atom. The van der Waals surface area contributed by atoms with E-state index in [9.17, 15) is 0 Å². The molecule has 0 bridgehead atoms. The molecule has 1 aliphatic heterocycles. The zero-order valence-corrected chi connectivity index (χ0v) is 11.2. The Balaban J connectivity index is 1.72. The van der Waals surface area contributed by atoms with Gasteiger partial charge in [0.15, 0.2) is 0 Å². The van der Waals surface area contributed by atoms with E-state index in [1.54, 1.807) is 0 Å². The zero-order chi connectivity index (χ0) is 11.5. The first kappa shape index (κ1) is 12.4. The predicted octanol–water partition coefficient (Wildman–Crippen LogP) is 2.64. The molecular weight excluding hydrogens is 196 g/mol. The molecule has 0 aromatic rings. The molecule has 3 unspecified atom stereocenters. The topological polar surface area (TPSA) is 15.3 Å². The Labute approximate surface area is 101 Å². The van der Waals surface area contributed by atoms with Crippen LogP contribution in [0.2, 0.25) is 0 Å². The highest BCUT2D eigenvalue weighted by Crippen LogP contribution is 2.24. The van der Waals surface area contributed by atoms with Gasteiger partial charge in [0.25, 0.3) is 0 Å². The van der Waals surface area contributed by atoms with Crippen molar-refractivity contribution in [2.75, 3.05) is 13.1 Å². The van der Waals surface area contributed by atoms with E-state index < -0.39 is 0 Å². The van der Waals surface area contributed by atoms with Gasteiger partial charge in [0.2, 0.25) is 0 Å². The average molecular weight is 224 g/mol. The maximum absolute atomic E-state index is 3.75. The van der Waals surface area contributed by atoms with Gasteiger partial charge in [-0.1, -0.05) is 19.8 Å². The van der Waals surface area contributed by atoms with E-state index in [2.05, 4.69) is 31.0 Å². The minimum absolute atomic E-state index is 0.709. The van der Waals surface area contributed by atoms with Crippen molar-refractivity contribution in [2.24, 2.45) is 5.92 Å². The van der Waals surface area contributed by atoms with Crippen LogP contribution in [0.5, 0.6) is 0 Å². The molecule has 2 heteroatoms. The summed E-state index contributed by atoms with van der Waals surface area (Å²) in [5, 5.41) is 3.75. The molecule has 1 N–H and O–H groups in total. The standard InChI is InChI=1S/C14H28N2/c1-11-8-12(2)16(10-11)13(3)9-15-14-6-4-5-7-14/h11-15H,4-10H2,1-3H3. The van der Waals surface area contributed by atoms with Crippen LogP contribution in [0.4, 0.5) is 0 Å². The van der Waals surface area contributed by atoms with Gasteiger partial charge in [-0.3, -0.25) is 4.90 Å². The fourth-order valence-corrected chi connectivity index (χ4v) is 3.53.